The van der Waals surface area contributed by atoms with Crippen LogP contribution in [0.2, 0.25) is 0 Å². The average molecular weight is 282 g/mol. The molecule has 0 aliphatic carbocycles. The first-order chi connectivity index (χ1) is 10.2. The van der Waals surface area contributed by atoms with Crippen LogP contribution in [0.15, 0.2) is 58.8 Å². The smallest absolute Gasteiger partial charge is 0.159 e. The van der Waals surface area contributed by atoms with Gasteiger partial charge in [-0.1, -0.05) is 6.92 Å². The normalized spacial score (nSPS) is 10.8. The van der Waals surface area contributed by atoms with Gasteiger partial charge in [-0.2, -0.15) is 10.2 Å². The minimum atomic E-state index is 0.0427. The number of ketones is 1. The van der Waals surface area contributed by atoms with Crippen LogP contribution in [0, 0.1) is 0 Å². The van der Waals surface area contributed by atoms with E-state index < -0.39 is 0 Å². The third-order valence-electron chi connectivity index (χ3n) is 2.86. The molecule has 0 saturated carbocycles. The van der Waals surface area contributed by atoms with Gasteiger partial charge < -0.3 is 4.74 Å². The largest absolute Gasteiger partial charge is 0.494 e. The molecule has 2 rings (SSSR count). The number of azo groups is 1. The zero-order chi connectivity index (χ0) is 15.1. The lowest BCUT2D eigenvalue weighted by atomic mass is 10.1. The summed E-state index contributed by atoms with van der Waals surface area (Å²) in [5, 5.41) is 8.30. The van der Waals surface area contributed by atoms with Crippen molar-refractivity contribution in [3.8, 4) is 5.75 Å². The first kappa shape index (κ1) is 14.9. The highest BCUT2D eigenvalue weighted by atomic mass is 16.5. The molecule has 0 unspecified atom stereocenters. The third-order valence-corrected chi connectivity index (χ3v) is 2.86. The minimum Gasteiger partial charge on any atom is -0.494 e. The number of hydrogen-bond donors (Lipinski definition) is 0. The highest BCUT2D eigenvalue weighted by Gasteiger charge is 1.98. The lowest BCUT2D eigenvalue weighted by Crippen LogP contribution is -1.93. The van der Waals surface area contributed by atoms with E-state index >= 15 is 0 Å². The maximum absolute atomic E-state index is 11.2. The van der Waals surface area contributed by atoms with Gasteiger partial charge >= 0.3 is 0 Å². The van der Waals surface area contributed by atoms with Crippen LogP contribution in [-0.2, 0) is 0 Å². The van der Waals surface area contributed by atoms with Crippen LogP contribution in [0.4, 0.5) is 11.4 Å². The Morgan fingerprint density at radius 2 is 1.48 bits per heavy atom. The average Bonchev–Trinajstić information content (AvgIpc) is 2.52. The number of carbonyl (C=O) groups is 1. The second-order valence-corrected chi connectivity index (χ2v) is 4.65. The van der Waals surface area contributed by atoms with Gasteiger partial charge in [0.05, 0.1) is 18.0 Å². The molecule has 0 radical (unpaired) electrons. The van der Waals surface area contributed by atoms with Crippen molar-refractivity contribution in [3.05, 3.63) is 54.1 Å². The first-order valence-electron chi connectivity index (χ1n) is 6.94. The van der Waals surface area contributed by atoms with Crippen LogP contribution in [0.3, 0.4) is 0 Å². The number of nitrogens with zero attached hydrogens (tertiary/aromatic N) is 2. The van der Waals surface area contributed by atoms with E-state index in [0.29, 0.717) is 17.9 Å². The maximum atomic E-state index is 11.2. The summed E-state index contributed by atoms with van der Waals surface area (Å²) in [5.41, 5.74) is 2.15. The van der Waals surface area contributed by atoms with Crippen molar-refractivity contribution < 1.29 is 9.53 Å². The van der Waals surface area contributed by atoms with Gasteiger partial charge in [0.25, 0.3) is 0 Å². The Bertz CT molecular complexity index is 616. The Hall–Kier alpha value is -2.49. The molecule has 21 heavy (non-hydrogen) atoms. The standard InChI is InChI=1S/C17H18N2O2/c1-3-12-21-17-10-8-16(9-11-17)19-18-15-6-4-14(5-7-15)13(2)20/h4-11H,3,12H2,1-2H3. The summed E-state index contributed by atoms with van der Waals surface area (Å²) in [6.07, 6.45) is 0.984. The maximum Gasteiger partial charge on any atom is 0.159 e. The van der Waals surface area contributed by atoms with Gasteiger partial charge in [0.1, 0.15) is 5.75 Å². The number of ether oxygens (including phenoxy) is 1. The van der Waals surface area contributed by atoms with Gasteiger partial charge in [-0.15, -0.1) is 0 Å². The van der Waals surface area contributed by atoms with E-state index in [1.807, 2.05) is 24.3 Å². The second-order valence-electron chi connectivity index (χ2n) is 4.65. The number of Topliss-reactive ketones (excluding diaryl/α,β-unsaturated/α-hetero) is 1. The molecule has 0 aliphatic heterocycles. The summed E-state index contributed by atoms with van der Waals surface area (Å²) in [6, 6.07) is 14.5. The first-order valence-corrected chi connectivity index (χ1v) is 6.94. The van der Waals surface area contributed by atoms with Gasteiger partial charge in [0.15, 0.2) is 5.78 Å². The fourth-order valence-corrected chi connectivity index (χ4v) is 1.71. The van der Waals surface area contributed by atoms with Gasteiger partial charge in [0, 0.05) is 5.56 Å². The van der Waals surface area contributed by atoms with Crippen molar-refractivity contribution in [2.45, 2.75) is 20.3 Å². The van der Waals surface area contributed by atoms with Gasteiger partial charge in [-0.3, -0.25) is 4.79 Å². The molecule has 0 N–H and O–H groups in total. The molecule has 0 amide bonds. The van der Waals surface area contributed by atoms with Gasteiger partial charge in [-0.25, -0.2) is 0 Å². The van der Waals surface area contributed by atoms with Crippen LogP contribution in [0.5, 0.6) is 5.75 Å². The van der Waals surface area contributed by atoms with Crippen LogP contribution < -0.4 is 4.74 Å². The molecule has 0 aliphatic rings. The van der Waals surface area contributed by atoms with E-state index in [0.717, 1.165) is 17.9 Å². The van der Waals surface area contributed by atoms with Gasteiger partial charge in [0.2, 0.25) is 0 Å². The predicted octanol–water partition coefficient (Wildman–Crippen LogP) is 5.09. The summed E-state index contributed by atoms with van der Waals surface area (Å²) >= 11 is 0. The number of rotatable bonds is 6. The van der Waals surface area contributed by atoms with Crippen molar-refractivity contribution in [1.29, 1.82) is 0 Å². The Balaban J connectivity index is 2.01. The Kier molecular flexibility index (Phi) is 5.21. The van der Waals surface area contributed by atoms with E-state index in [1.165, 1.54) is 0 Å². The molecule has 4 nitrogen and oxygen atoms in total. The van der Waals surface area contributed by atoms with Crippen LogP contribution in [0.1, 0.15) is 30.6 Å². The summed E-state index contributed by atoms with van der Waals surface area (Å²) in [7, 11) is 0. The minimum absolute atomic E-state index is 0.0427. The second kappa shape index (κ2) is 7.33. The molecule has 0 saturated heterocycles. The zero-order valence-corrected chi connectivity index (χ0v) is 12.2. The molecule has 108 valence electrons. The highest BCUT2D eigenvalue weighted by Crippen LogP contribution is 2.21. The van der Waals surface area contributed by atoms with Crippen molar-refractivity contribution in [2.24, 2.45) is 10.2 Å². The van der Waals surface area contributed by atoms with E-state index in [1.54, 1.807) is 31.2 Å². The van der Waals surface area contributed by atoms with Crippen LogP contribution in [-0.4, -0.2) is 12.4 Å². The number of carbonyl (C=O) groups excluding carboxylic acids is 1. The number of hydrogen-bond acceptors (Lipinski definition) is 4. The quantitative estimate of drug-likeness (QED) is 0.547. The van der Waals surface area contributed by atoms with Crippen molar-refractivity contribution in [3.63, 3.8) is 0 Å². The number of benzene rings is 2. The molecule has 0 fully saturated rings. The Labute approximate surface area is 124 Å². The SMILES string of the molecule is CCCOc1ccc(N=Nc2ccc(C(C)=O)cc2)cc1. The summed E-state index contributed by atoms with van der Waals surface area (Å²) < 4.78 is 5.50. The summed E-state index contributed by atoms with van der Waals surface area (Å²) in [6.45, 7) is 4.32. The van der Waals surface area contributed by atoms with E-state index in [-0.39, 0.29) is 5.78 Å². The molecule has 0 heterocycles. The molecule has 4 heteroatoms. The molecule has 0 atom stereocenters. The monoisotopic (exact) mass is 282 g/mol. The molecular formula is C17H18N2O2. The fourth-order valence-electron chi connectivity index (χ4n) is 1.71. The van der Waals surface area contributed by atoms with E-state index in [9.17, 15) is 4.79 Å². The molecule has 2 aromatic carbocycles. The van der Waals surface area contributed by atoms with Crippen molar-refractivity contribution in [1.82, 2.24) is 0 Å². The lowest BCUT2D eigenvalue weighted by molar-refractivity contribution is 0.101. The van der Waals surface area contributed by atoms with Crippen LogP contribution >= 0.6 is 0 Å². The lowest BCUT2D eigenvalue weighted by Gasteiger charge is -2.03. The topological polar surface area (TPSA) is 51.0 Å². The fraction of sp³-hybridized carbons (Fsp3) is 0.235. The highest BCUT2D eigenvalue weighted by molar-refractivity contribution is 5.94. The molecule has 0 spiro atoms. The summed E-state index contributed by atoms with van der Waals surface area (Å²) in [4.78, 5) is 11.2. The zero-order valence-electron chi connectivity index (χ0n) is 12.2. The van der Waals surface area contributed by atoms with Crippen LogP contribution in [0.25, 0.3) is 0 Å². The molecular weight excluding hydrogens is 264 g/mol. The molecule has 0 bridgehead atoms. The van der Waals surface area contributed by atoms with E-state index in [2.05, 4.69) is 17.2 Å². The van der Waals surface area contributed by atoms with E-state index in [4.69, 9.17) is 4.74 Å². The van der Waals surface area contributed by atoms with Crippen molar-refractivity contribution >= 4 is 17.2 Å². The molecule has 0 aromatic heterocycles. The van der Waals surface area contributed by atoms with Crippen molar-refractivity contribution in [2.75, 3.05) is 6.61 Å². The third kappa shape index (κ3) is 4.53. The molecule has 2 aromatic rings. The Morgan fingerprint density at radius 3 is 1.95 bits per heavy atom. The summed E-state index contributed by atoms with van der Waals surface area (Å²) in [5.74, 6) is 0.878. The predicted molar refractivity (Wildman–Crippen MR) is 82.9 cm³/mol. The Morgan fingerprint density at radius 1 is 0.952 bits per heavy atom. The van der Waals surface area contributed by atoms with Gasteiger partial charge in [-0.05, 0) is 61.9 Å².